The summed E-state index contributed by atoms with van der Waals surface area (Å²) in [6.07, 6.45) is 8.39. The van der Waals surface area contributed by atoms with E-state index >= 15 is 0 Å². The van der Waals surface area contributed by atoms with Gasteiger partial charge in [0, 0.05) is 23.2 Å². The van der Waals surface area contributed by atoms with Crippen LogP contribution in [0.4, 0.5) is 5.82 Å². The average molecular weight is 257 g/mol. The summed E-state index contributed by atoms with van der Waals surface area (Å²) in [6, 6.07) is 2.14. The third-order valence-electron chi connectivity index (χ3n) is 4.56. The first-order valence-corrected chi connectivity index (χ1v) is 7.25. The Morgan fingerprint density at radius 1 is 1.21 bits per heavy atom. The van der Waals surface area contributed by atoms with E-state index in [0.717, 1.165) is 24.3 Å². The van der Waals surface area contributed by atoms with Crippen molar-refractivity contribution in [1.82, 2.24) is 14.6 Å². The number of hydrogen-bond donors (Lipinski definition) is 2. The molecule has 100 valence electrons. The number of fused-ring (bicyclic) bond motifs is 2. The Labute approximate surface area is 112 Å². The normalized spacial score (nSPS) is 19.2. The SMILES string of the molecule is NNc1c2c(nc3cc(C4CCC4)nn13)CCCC2. The molecule has 0 spiro atoms. The number of anilines is 1. The topological polar surface area (TPSA) is 68.2 Å². The molecule has 0 amide bonds. The van der Waals surface area contributed by atoms with Crippen molar-refractivity contribution in [3.8, 4) is 0 Å². The Hall–Kier alpha value is -1.62. The number of aromatic nitrogens is 3. The lowest BCUT2D eigenvalue weighted by Gasteiger charge is -2.22. The van der Waals surface area contributed by atoms with E-state index in [2.05, 4.69) is 11.5 Å². The zero-order chi connectivity index (χ0) is 12.8. The molecule has 5 nitrogen and oxygen atoms in total. The van der Waals surface area contributed by atoms with Crippen LogP contribution in [-0.4, -0.2) is 14.6 Å². The Kier molecular flexibility index (Phi) is 2.48. The highest BCUT2D eigenvalue weighted by Crippen LogP contribution is 2.36. The fourth-order valence-electron chi connectivity index (χ4n) is 3.22. The lowest BCUT2D eigenvalue weighted by Crippen LogP contribution is -2.19. The van der Waals surface area contributed by atoms with E-state index in [-0.39, 0.29) is 0 Å². The van der Waals surface area contributed by atoms with Crippen LogP contribution in [-0.2, 0) is 12.8 Å². The molecular formula is C14H19N5. The van der Waals surface area contributed by atoms with Gasteiger partial charge in [0.25, 0.3) is 0 Å². The van der Waals surface area contributed by atoms with E-state index in [4.69, 9.17) is 15.9 Å². The first-order chi connectivity index (χ1) is 9.36. The predicted octanol–water partition coefficient (Wildman–Crippen LogP) is 2.16. The van der Waals surface area contributed by atoms with E-state index in [1.807, 2.05) is 4.52 Å². The standard InChI is InChI=1S/C14H19N5/c15-17-14-10-6-1-2-7-11(10)16-13-8-12(18-19(13)14)9-4-3-5-9/h8-9,17H,1-7,15H2. The summed E-state index contributed by atoms with van der Waals surface area (Å²) in [5.41, 5.74) is 7.42. The van der Waals surface area contributed by atoms with Gasteiger partial charge in [-0.25, -0.2) is 10.8 Å². The molecule has 0 atom stereocenters. The monoisotopic (exact) mass is 257 g/mol. The van der Waals surface area contributed by atoms with Gasteiger partial charge in [-0.1, -0.05) is 6.42 Å². The molecule has 1 saturated carbocycles. The van der Waals surface area contributed by atoms with Crippen LogP contribution in [0.15, 0.2) is 6.07 Å². The maximum atomic E-state index is 5.73. The van der Waals surface area contributed by atoms with Gasteiger partial charge in [-0.2, -0.15) is 9.61 Å². The van der Waals surface area contributed by atoms with E-state index in [1.54, 1.807) is 0 Å². The second-order valence-corrected chi connectivity index (χ2v) is 5.70. The van der Waals surface area contributed by atoms with Gasteiger partial charge in [0.15, 0.2) is 5.65 Å². The zero-order valence-electron chi connectivity index (χ0n) is 11.0. The van der Waals surface area contributed by atoms with Crippen molar-refractivity contribution in [2.75, 3.05) is 5.43 Å². The van der Waals surface area contributed by atoms with Gasteiger partial charge in [-0.3, -0.25) is 0 Å². The highest BCUT2D eigenvalue weighted by Gasteiger charge is 2.25. The van der Waals surface area contributed by atoms with Gasteiger partial charge in [-0.05, 0) is 38.5 Å². The Morgan fingerprint density at radius 3 is 2.79 bits per heavy atom. The van der Waals surface area contributed by atoms with Crippen molar-refractivity contribution in [2.24, 2.45) is 5.84 Å². The molecule has 2 aromatic heterocycles. The van der Waals surface area contributed by atoms with Crippen LogP contribution < -0.4 is 11.3 Å². The minimum atomic E-state index is 0.629. The number of rotatable bonds is 2. The van der Waals surface area contributed by atoms with Crippen LogP contribution in [0.2, 0.25) is 0 Å². The molecule has 0 radical (unpaired) electrons. The molecule has 1 fully saturated rings. The molecule has 0 bridgehead atoms. The molecule has 3 N–H and O–H groups in total. The van der Waals surface area contributed by atoms with Gasteiger partial charge in [0.05, 0.1) is 5.69 Å². The van der Waals surface area contributed by atoms with Crippen molar-refractivity contribution in [3.05, 3.63) is 23.0 Å². The van der Waals surface area contributed by atoms with Crippen LogP contribution in [0, 0.1) is 0 Å². The molecule has 0 unspecified atom stereocenters. The van der Waals surface area contributed by atoms with Gasteiger partial charge < -0.3 is 5.43 Å². The third kappa shape index (κ3) is 1.64. The first-order valence-electron chi connectivity index (χ1n) is 7.25. The van der Waals surface area contributed by atoms with Crippen molar-refractivity contribution in [1.29, 1.82) is 0 Å². The first kappa shape index (κ1) is 11.2. The molecule has 2 heterocycles. The molecule has 5 heteroatoms. The number of nitrogens with two attached hydrogens (primary N) is 1. The lowest BCUT2D eigenvalue weighted by molar-refractivity contribution is 0.409. The Bertz CT molecular complexity index is 626. The fourth-order valence-corrected chi connectivity index (χ4v) is 3.22. The summed E-state index contributed by atoms with van der Waals surface area (Å²) in [6.45, 7) is 0. The van der Waals surface area contributed by atoms with Gasteiger partial charge in [0.2, 0.25) is 0 Å². The second kappa shape index (κ2) is 4.20. The predicted molar refractivity (Wildman–Crippen MR) is 74.0 cm³/mol. The third-order valence-corrected chi connectivity index (χ3v) is 4.56. The highest BCUT2D eigenvalue weighted by atomic mass is 15.4. The van der Waals surface area contributed by atoms with Crippen LogP contribution >= 0.6 is 0 Å². The summed E-state index contributed by atoms with van der Waals surface area (Å²) in [7, 11) is 0. The van der Waals surface area contributed by atoms with E-state index < -0.39 is 0 Å². The summed E-state index contributed by atoms with van der Waals surface area (Å²) in [5.74, 6) is 7.30. The summed E-state index contributed by atoms with van der Waals surface area (Å²) in [4.78, 5) is 4.79. The van der Waals surface area contributed by atoms with Crippen molar-refractivity contribution < 1.29 is 0 Å². The number of nitrogen functional groups attached to an aromatic ring is 1. The maximum Gasteiger partial charge on any atom is 0.157 e. The average Bonchev–Trinajstić information content (AvgIpc) is 2.76. The zero-order valence-corrected chi connectivity index (χ0v) is 11.0. The van der Waals surface area contributed by atoms with E-state index in [9.17, 15) is 0 Å². The van der Waals surface area contributed by atoms with Gasteiger partial charge in [-0.15, -0.1) is 0 Å². The van der Waals surface area contributed by atoms with E-state index in [1.165, 1.54) is 49.1 Å². The molecule has 0 aromatic carbocycles. The largest absolute Gasteiger partial charge is 0.308 e. The molecule has 4 rings (SSSR count). The van der Waals surface area contributed by atoms with Gasteiger partial charge >= 0.3 is 0 Å². The Morgan fingerprint density at radius 2 is 2.05 bits per heavy atom. The van der Waals surface area contributed by atoms with Crippen molar-refractivity contribution in [2.45, 2.75) is 50.9 Å². The van der Waals surface area contributed by atoms with Crippen molar-refractivity contribution >= 4 is 11.5 Å². The molecule has 2 aromatic rings. The molecule has 0 saturated heterocycles. The van der Waals surface area contributed by atoms with Crippen LogP contribution in [0.25, 0.3) is 5.65 Å². The summed E-state index contributed by atoms with van der Waals surface area (Å²) >= 11 is 0. The molecular weight excluding hydrogens is 238 g/mol. The van der Waals surface area contributed by atoms with Crippen LogP contribution in [0.3, 0.4) is 0 Å². The molecule has 2 aliphatic carbocycles. The van der Waals surface area contributed by atoms with Crippen LogP contribution in [0.5, 0.6) is 0 Å². The molecule has 2 aliphatic rings. The highest BCUT2D eigenvalue weighted by molar-refractivity contribution is 5.56. The minimum absolute atomic E-state index is 0.629. The summed E-state index contributed by atoms with van der Waals surface area (Å²) in [5, 5.41) is 4.73. The fraction of sp³-hybridized carbons (Fsp3) is 0.571. The van der Waals surface area contributed by atoms with Gasteiger partial charge in [0.1, 0.15) is 5.82 Å². The number of hydrogen-bond acceptors (Lipinski definition) is 4. The quantitative estimate of drug-likeness (QED) is 0.639. The summed E-state index contributed by atoms with van der Waals surface area (Å²) < 4.78 is 1.90. The maximum absolute atomic E-state index is 5.73. The lowest BCUT2D eigenvalue weighted by atomic mass is 9.83. The van der Waals surface area contributed by atoms with Crippen LogP contribution in [0.1, 0.15) is 55.0 Å². The molecule has 0 aliphatic heterocycles. The smallest absolute Gasteiger partial charge is 0.157 e. The minimum Gasteiger partial charge on any atom is -0.308 e. The second-order valence-electron chi connectivity index (χ2n) is 5.70. The molecule has 19 heavy (non-hydrogen) atoms. The number of hydrazine groups is 1. The number of aryl methyl sites for hydroxylation is 1. The number of nitrogens with one attached hydrogen (secondary N) is 1. The van der Waals surface area contributed by atoms with Crippen molar-refractivity contribution in [3.63, 3.8) is 0 Å². The number of nitrogens with zero attached hydrogens (tertiary/aromatic N) is 3. The van der Waals surface area contributed by atoms with E-state index in [0.29, 0.717) is 5.92 Å². The Balaban J connectivity index is 1.91.